The molecule has 0 aromatic carbocycles. The zero-order chi connectivity index (χ0) is 10.3. The summed E-state index contributed by atoms with van der Waals surface area (Å²) in [6.07, 6.45) is 0.810. The molecule has 0 bridgehead atoms. The molecule has 0 atom stereocenters. The zero-order valence-corrected chi connectivity index (χ0v) is 8.41. The second-order valence-corrected chi connectivity index (χ2v) is 3.67. The number of hydrazone groups is 1. The van der Waals surface area contributed by atoms with E-state index in [1.165, 1.54) is 21.3 Å². The number of carbonyl (C=O) groups excluding carboxylic acids is 1. The molecule has 0 amide bonds. The number of rotatable bonds is 5. The van der Waals surface area contributed by atoms with Crippen molar-refractivity contribution in [3.05, 3.63) is 0 Å². The molecule has 0 spiro atoms. The van der Waals surface area contributed by atoms with E-state index in [0.717, 1.165) is 6.21 Å². The second-order valence-electron chi connectivity index (χ2n) is 1.74. The van der Waals surface area contributed by atoms with Gasteiger partial charge in [-0.15, -0.1) is 0 Å². The first-order chi connectivity index (χ1) is 6.08. The van der Waals surface area contributed by atoms with Crippen LogP contribution in [0.15, 0.2) is 5.10 Å². The molecule has 0 radical (unpaired) electrons. The Morgan fingerprint density at radius 3 is 2.31 bits per heavy atom. The maximum absolute atomic E-state index is 11.2. The Hall–Kier alpha value is -0.910. The molecule has 0 rings (SSSR count). The van der Waals surface area contributed by atoms with Crippen LogP contribution in [0, 0.1) is 0 Å². The molecule has 7 nitrogen and oxygen atoms in total. The van der Waals surface area contributed by atoms with E-state index in [0.29, 0.717) is 0 Å². The highest BCUT2D eigenvalue weighted by Crippen LogP contribution is 2.40. The van der Waals surface area contributed by atoms with Crippen LogP contribution in [-0.4, -0.2) is 33.5 Å². The van der Waals surface area contributed by atoms with Crippen LogP contribution in [0.4, 0.5) is 0 Å². The van der Waals surface area contributed by atoms with Gasteiger partial charge in [-0.05, 0) is 0 Å². The third-order valence-electron chi connectivity index (χ3n) is 1.03. The van der Waals surface area contributed by atoms with Crippen molar-refractivity contribution in [3.63, 3.8) is 0 Å². The number of hydrogen-bond donors (Lipinski definition) is 1. The summed E-state index contributed by atoms with van der Waals surface area (Å²) in [5.74, 6) is -0.675. The quantitative estimate of drug-likeness (QED) is 0.300. The summed E-state index contributed by atoms with van der Waals surface area (Å²) < 4.78 is 24.3. The number of ether oxygens (including phenoxy) is 1. The van der Waals surface area contributed by atoms with Crippen molar-refractivity contribution in [1.29, 1.82) is 0 Å². The Kier molecular flexibility index (Phi) is 5.29. The van der Waals surface area contributed by atoms with Crippen LogP contribution < -0.4 is 5.20 Å². The summed E-state index contributed by atoms with van der Waals surface area (Å²) in [5.41, 5.74) is 0. The zero-order valence-electron chi connectivity index (χ0n) is 7.51. The fraction of sp³-hybridized carbons (Fsp3) is 0.600. The summed E-state index contributed by atoms with van der Waals surface area (Å²) in [6, 6.07) is 0. The van der Waals surface area contributed by atoms with Crippen LogP contribution in [0.1, 0.15) is 0 Å². The van der Waals surface area contributed by atoms with Crippen LogP contribution in [0.25, 0.3) is 0 Å². The molecule has 0 unspecified atom stereocenters. The van der Waals surface area contributed by atoms with Gasteiger partial charge in [0.25, 0.3) is 0 Å². The predicted octanol–water partition coefficient (Wildman–Crippen LogP) is 0.136. The molecule has 0 saturated carbocycles. The highest BCUT2D eigenvalue weighted by Gasteiger charge is 2.19. The predicted molar refractivity (Wildman–Crippen MR) is 45.3 cm³/mol. The van der Waals surface area contributed by atoms with Crippen LogP contribution >= 0.6 is 7.75 Å². The molecule has 0 aromatic heterocycles. The number of methoxy groups -OCH3 is 1. The van der Waals surface area contributed by atoms with Gasteiger partial charge in [-0.25, -0.2) is 14.6 Å². The highest BCUT2D eigenvalue weighted by atomic mass is 31.2. The minimum absolute atomic E-state index is 0.675. The standard InChI is InChI=1S/C5H11N2O5P/c1-10-5(8)4-6-7-13(9,11-2)12-3/h4H,1-3H3,(H,7,9). The van der Waals surface area contributed by atoms with Crippen molar-refractivity contribution in [3.8, 4) is 0 Å². The van der Waals surface area contributed by atoms with E-state index in [4.69, 9.17) is 0 Å². The lowest BCUT2D eigenvalue weighted by molar-refractivity contribution is -0.132. The number of esters is 1. The Bertz CT molecular complexity index is 233. The number of carbonyl (C=O) groups is 1. The van der Waals surface area contributed by atoms with Crippen LogP contribution in [-0.2, 0) is 23.1 Å². The molecule has 13 heavy (non-hydrogen) atoms. The van der Waals surface area contributed by atoms with Crippen molar-refractivity contribution >= 4 is 19.9 Å². The largest absolute Gasteiger partial charge is 0.465 e. The summed E-state index contributed by atoms with van der Waals surface area (Å²) in [5, 5.41) is 5.33. The van der Waals surface area contributed by atoms with E-state index >= 15 is 0 Å². The van der Waals surface area contributed by atoms with Crippen molar-refractivity contribution in [2.24, 2.45) is 5.10 Å². The molecule has 0 aromatic rings. The van der Waals surface area contributed by atoms with E-state index in [1.54, 1.807) is 0 Å². The van der Waals surface area contributed by atoms with Crippen LogP contribution in [0.5, 0.6) is 0 Å². The molecule has 76 valence electrons. The summed E-state index contributed by atoms with van der Waals surface area (Å²) in [6.45, 7) is 0. The van der Waals surface area contributed by atoms with Crippen molar-refractivity contribution in [2.75, 3.05) is 21.3 Å². The van der Waals surface area contributed by atoms with E-state index in [2.05, 4.69) is 18.9 Å². The molecule has 1 N–H and O–H groups in total. The molecule has 0 fully saturated rings. The van der Waals surface area contributed by atoms with E-state index in [9.17, 15) is 9.36 Å². The molecule has 0 aliphatic heterocycles. The Balaban J connectivity index is 4.07. The third-order valence-corrected chi connectivity index (χ3v) is 2.35. The SMILES string of the molecule is COC(=O)C=NNP(=O)(OC)OC. The van der Waals surface area contributed by atoms with Gasteiger partial charge in [-0.1, -0.05) is 0 Å². The topological polar surface area (TPSA) is 86.2 Å². The Labute approximate surface area is 75.6 Å². The monoisotopic (exact) mass is 210 g/mol. The van der Waals surface area contributed by atoms with Crippen molar-refractivity contribution in [1.82, 2.24) is 5.20 Å². The van der Waals surface area contributed by atoms with Gasteiger partial charge in [0.2, 0.25) is 0 Å². The lowest BCUT2D eigenvalue weighted by Crippen LogP contribution is -2.09. The molecule has 0 aliphatic carbocycles. The average molecular weight is 210 g/mol. The lowest BCUT2D eigenvalue weighted by atomic mass is 10.8. The number of nitrogens with zero attached hydrogens (tertiary/aromatic N) is 1. The normalized spacial score (nSPS) is 11.6. The summed E-state index contributed by atoms with van der Waals surface area (Å²) in [7, 11) is 0.162. The van der Waals surface area contributed by atoms with Gasteiger partial charge in [-0.2, -0.15) is 5.10 Å². The number of hydrogen-bond acceptors (Lipinski definition) is 6. The fourth-order valence-corrected chi connectivity index (χ4v) is 0.873. The van der Waals surface area contributed by atoms with Gasteiger partial charge in [0, 0.05) is 14.2 Å². The van der Waals surface area contributed by atoms with Crippen molar-refractivity contribution in [2.45, 2.75) is 0 Å². The molecular weight excluding hydrogens is 199 g/mol. The van der Waals surface area contributed by atoms with Crippen LogP contribution in [0.2, 0.25) is 0 Å². The van der Waals surface area contributed by atoms with Gasteiger partial charge in [-0.3, -0.25) is 9.05 Å². The van der Waals surface area contributed by atoms with Gasteiger partial charge in [0.05, 0.1) is 7.11 Å². The minimum atomic E-state index is -3.40. The van der Waals surface area contributed by atoms with Crippen molar-refractivity contribution < 1.29 is 23.1 Å². The smallest absolute Gasteiger partial charge is 0.447 e. The van der Waals surface area contributed by atoms with E-state index in [1.807, 2.05) is 5.20 Å². The molecular formula is C5H11N2O5P. The third kappa shape index (κ3) is 4.62. The Morgan fingerprint density at radius 1 is 1.38 bits per heavy atom. The maximum Gasteiger partial charge on any atom is 0.447 e. The minimum Gasteiger partial charge on any atom is -0.465 e. The molecule has 0 aliphatic rings. The summed E-state index contributed by atoms with van der Waals surface area (Å²) in [4.78, 5) is 10.5. The summed E-state index contributed by atoms with van der Waals surface area (Å²) >= 11 is 0. The lowest BCUT2D eigenvalue weighted by Gasteiger charge is -2.10. The first kappa shape index (κ1) is 12.1. The van der Waals surface area contributed by atoms with Gasteiger partial charge < -0.3 is 4.74 Å². The van der Waals surface area contributed by atoms with E-state index in [-0.39, 0.29) is 0 Å². The van der Waals surface area contributed by atoms with Gasteiger partial charge in [0.15, 0.2) is 0 Å². The maximum atomic E-state index is 11.2. The number of nitrogens with one attached hydrogen (secondary N) is 1. The molecule has 0 saturated heterocycles. The first-order valence-electron chi connectivity index (χ1n) is 3.17. The fourth-order valence-electron chi connectivity index (χ4n) is 0.361. The van der Waals surface area contributed by atoms with Gasteiger partial charge in [0.1, 0.15) is 6.21 Å². The van der Waals surface area contributed by atoms with Crippen LogP contribution in [0.3, 0.4) is 0 Å². The van der Waals surface area contributed by atoms with Gasteiger partial charge >= 0.3 is 13.7 Å². The van der Waals surface area contributed by atoms with E-state index < -0.39 is 13.7 Å². The molecule has 0 heterocycles. The Morgan fingerprint density at radius 2 is 1.92 bits per heavy atom. The highest BCUT2D eigenvalue weighted by molar-refractivity contribution is 7.51. The first-order valence-corrected chi connectivity index (χ1v) is 4.72. The molecule has 8 heteroatoms. The second kappa shape index (κ2) is 5.69. The average Bonchev–Trinajstić information content (AvgIpc) is 2.17.